The van der Waals surface area contributed by atoms with Gasteiger partial charge in [0.1, 0.15) is 15.8 Å². The normalized spacial score (nSPS) is 12.0. The molecule has 0 spiro atoms. The van der Waals surface area contributed by atoms with Crippen LogP contribution in [-0.4, -0.2) is 9.97 Å². The molecule has 2 aromatic heterocycles. The summed E-state index contributed by atoms with van der Waals surface area (Å²) in [5.41, 5.74) is 0.226. The second kappa shape index (κ2) is 11.2. The van der Waals surface area contributed by atoms with Gasteiger partial charge < -0.3 is 9.47 Å². The van der Waals surface area contributed by atoms with E-state index in [0.29, 0.717) is 41.2 Å². The van der Waals surface area contributed by atoms with Crippen molar-refractivity contribution in [3.05, 3.63) is 91.1 Å². The summed E-state index contributed by atoms with van der Waals surface area (Å²) >= 11 is 24.8. The standard InChI is InChI=1S/C26H14Cl4F6N2O2/c1-11-3-12(2)21(20(4-11)39-23-18(29)7-14(9-37-23)25(31,32)33)13-5-16(27)22(17(28)6-13)40-24-19(30)8-15(10-38-24)26(34,35)36/h3-10H,1-2H3. The molecule has 0 aliphatic carbocycles. The summed E-state index contributed by atoms with van der Waals surface area (Å²) < 4.78 is 89.2. The van der Waals surface area contributed by atoms with E-state index in [-0.39, 0.29) is 38.3 Å². The van der Waals surface area contributed by atoms with Crippen LogP contribution in [0.3, 0.4) is 0 Å². The van der Waals surface area contributed by atoms with Gasteiger partial charge >= 0.3 is 12.4 Å². The number of aryl methyl sites for hydroxylation is 2. The Kier molecular flexibility index (Phi) is 8.38. The lowest BCUT2D eigenvalue weighted by Gasteiger charge is -2.18. The minimum Gasteiger partial charge on any atom is -0.437 e. The fraction of sp³-hybridized carbons (Fsp3) is 0.154. The Morgan fingerprint density at radius 1 is 0.625 bits per heavy atom. The Morgan fingerprint density at radius 3 is 1.55 bits per heavy atom. The van der Waals surface area contributed by atoms with Gasteiger partial charge in [-0.25, -0.2) is 9.97 Å². The minimum atomic E-state index is -4.65. The first-order valence-electron chi connectivity index (χ1n) is 11.0. The maximum Gasteiger partial charge on any atom is 0.417 e. The van der Waals surface area contributed by atoms with E-state index in [1.54, 1.807) is 19.9 Å². The third kappa shape index (κ3) is 6.52. The van der Waals surface area contributed by atoms with Gasteiger partial charge in [-0.1, -0.05) is 52.5 Å². The van der Waals surface area contributed by atoms with Gasteiger partial charge in [-0.2, -0.15) is 26.3 Å². The highest BCUT2D eigenvalue weighted by Gasteiger charge is 2.33. The number of hydrogen-bond donors (Lipinski definition) is 0. The van der Waals surface area contributed by atoms with Gasteiger partial charge in [0.15, 0.2) is 5.75 Å². The van der Waals surface area contributed by atoms with Gasteiger partial charge in [0.2, 0.25) is 11.8 Å². The third-order valence-electron chi connectivity index (χ3n) is 5.41. The second-order valence-electron chi connectivity index (χ2n) is 8.45. The molecule has 0 saturated heterocycles. The molecule has 2 aromatic carbocycles. The Balaban J connectivity index is 1.72. The quantitative estimate of drug-likeness (QED) is 0.203. The highest BCUT2D eigenvalue weighted by atomic mass is 35.5. The lowest BCUT2D eigenvalue weighted by atomic mass is 9.97. The van der Waals surface area contributed by atoms with E-state index in [0.717, 1.165) is 5.56 Å². The summed E-state index contributed by atoms with van der Waals surface area (Å²) in [5.74, 6) is -0.549. The van der Waals surface area contributed by atoms with E-state index in [2.05, 4.69) is 9.97 Å². The zero-order valence-corrected chi connectivity index (χ0v) is 23.1. The molecule has 0 radical (unpaired) electrons. The summed E-state index contributed by atoms with van der Waals surface area (Å²) in [6, 6.07) is 7.70. The second-order valence-corrected chi connectivity index (χ2v) is 10.1. The molecule has 4 nitrogen and oxygen atoms in total. The number of nitrogens with zero attached hydrogens (tertiary/aromatic N) is 2. The highest BCUT2D eigenvalue weighted by molar-refractivity contribution is 6.38. The number of ether oxygens (including phenoxy) is 2. The molecular weight excluding hydrogens is 628 g/mol. The monoisotopic (exact) mass is 640 g/mol. The van der Waals surface area contributed by atoms with Crippen molar-refractivity contribution in [2.75, 3.05) is 0 Å². The van der Waals surface area contributed by atoms with Crippen LogP contribution in [-0.2, 0) is 12.4 Å². The zero-order valence-electron chi connectivity index (χ0n) is 20.1. The van der Waals surface area contributed by atoms with Crippen LogP contribution < -0.4 is 9.47 Å². The lowest BCUT2D eigenvalue weighted by Crippen LogP contribution is -2.06. The van der Waals surface area contributed by atoms with Gasteiger partial charge in [-0.3, -0.25) is 0 Å². The van der Waals surface area contributed by atoms with Crippen molar-refractivity contribution in [1.82, 2.24) is 9.97 Å². The number of hydrogen-bond acceptors (Lipinski definition) is 4. The maximum absolute atomic E-state index is 13.0. The van der Waals surface area contributed by atoms with E-state index in [1.807, 2.05) is 6.07 Å². The Morgan fingerprint density at radius 2 is 1.10 bits per heavy atom. The topological polar surface area (TPSA) is 44.2 Å². The van der Waals surface area contributed by atoms with Crippen LogP contribution in [0.4, 0.5) is 26.3 Å². The summed E-state index contributed by atoms with van der Waals surface area (Å²) in [5, 5.41) is -0.869. The Hall–Kier alpha value is -2.92. The lowest BCUT2D eigenvalue weighted by molar-refractivity contribution is -0.138. The number of halogens is 10. The van der Waals surface area contributed by atoms with Crippen molar-refractivity contribution in [3.8, 4) is 34.4 Å². The first-order chi connectivity index (χ1) is 18.5. The van der Waals surface area contributed by atoms with Crippen molar-refractivity contribution in [3.63, 3.8) is 0 Å². The van der Waals surface area contributed by atoms with Gasteiger partial charge in [-0.05, 0) is 60.9 Å². The molecule has 0 aliphatic heterocycles. The smallest absolute Gasteiger partial charge is 0.417 e. The molecule has 0 saturated carbocycles. The average molecular weight is 642 g/mol. The number of pyridine rings is 2. The van der Waals surface area contributed by atoms with Crippen LogP contribution >= 0.6 is 46.4 Å². The van der Waals surface area contributed by atoms with E-state index in [9.17, 15) is 26.3 Å². The molecule has 0 N–H and O–H groups in total. The van der Waals surface area contributed by atoms with Gasteiger partial charge in [-0.15, -0.1) is 0 Å². The Labute approximate surface area is 243 Å². The van der Waals surface area contributed by atoms with E-state index in [4.69, 9.17) is 55.9 Å². The molecule has 0 bridgehead atoms. The summed E-state index contributed by atoms with van der Waals surface area (Å²) in [4.78, 5) is 7.34. The number of aromatic nitrogens is 2. The molecule has 2 heterocycles. The molecule has 0 aliphatic rings. The Bertz CT molecular complexity index is 1590. The van der Waals surface area contributed by atoms with Gasteiger partial charge in [0.05, 0.1) is 21.2 Å². The first kappa shape index (κ1) is 30.0. The van der Waals surface area contributed by atoms with Crippen molar-refractivity contribution >= 4 is 46.4 Å². The van der Waals surface area contributed by atoms with Crippen LogP contribution in [0.15, 0.2) is 48.8 Å². The average Bonchev–Trinajstić information content (AvgIpc) is 2.81. The van der Waals surface area contributed by atoms with Crippen molar-refractivity contribution in [2.45, 2.75) is 26.2 Å². The van der Waals surface area contributed by atoms with Crippen LogP contribution in [0.5, 0.6) is 23.3 Å². The van der Waals surface area contributed by atoms with Crippen LogP contribution in [0.25, 0.3) is 11.1 Å². The summed E-state index contributed by atoms with van der Waals surface area (Å²) in [7, 11) is 0. The zero-order chi connectivity index (χ0) is 29.6. The molecule has 14 heteroatoms. The molecule has 4 rings (SSSR count). The predicted molar refractivity (Wildman–Crippen MR) is 140 cm³/mol. The fourth-order valence-corrected chi connectivity index (χ4v) is 4.67. The van der Waals surface area contributed by atoms with Crippen molar-refractivity contribution < 1.29 is 35.8 Å². The number of alkyl halides is 6. The molecule has 0 amide bonds. The summed E-state index contributed by atoms with van der Waals surface area (Å²) in [6.07, 6.45) is -8.14. The van der Waals surface area contributed by atoms with E-state index in [1.165, 1.54) is 12.1 Å². The third-order valence-corrected chi connectivity index (χ3v) is 6.51. The number of benzene rings is 2. The van der Waals surface area contributed by atoms with Crippen LogP contribution in [0, 0.1) is 13.8 Å². The molecule has 0 atom stereocenters. The van der Waals surface area contributed by atoms with Gasteiger partial charge in [0, 0.05) is 18.0 Å². The largest absolute Gasteiger partial charge is 0.437 e. The maximum atomic E-state index is 13.0. The summed E-state index contributed by atoms with van der Waals surface area (Å²) in [6.45, 7) is 3.54. The first-order valence-corrected chi connectivity index (χ1v) is 12.5. The van der Waals surface area contributed by atoms with Gasteiger partial charge in [0.25, 0.3) is 0 Å². The minimum absolute atomic E-state index is 0.0446. The molecular formula is C26H14Cl4F6N2O2. The SMILES string of the molecule is Cc1cc(C)c(-c2cc(Cl)c(Oc3ncc(C(F)(F)F)cc3Cl)c(Cl)c2)c(Oc2ncc(C(F)(F)F)cc2Cl)c1. The molecule has 210 valence electrons. The van der Waals surface area contributed by atoms with Crippen molar-refractivity contribution in [1.29, 1.82) is 0 Å². The molecule has 0 unspecified atom stereocenters. The molecule has 0 fully saturated rings. The number of rotatable bonds is 5. The van der Waals surface area contributed by atoms with Crippen LogP contribution in [0.2, 0.25) is 20.1 Å². The predicted octanol–water partition coefficient (Wildman–Crippen LogP) is 11.0. The molecule has 4 aromatic rings. The van der Waals surface area contributed by atoms with E-state index >= 15 is 0 Å². The van der Waals surface area contributed by atoms with Crippen molar-refractivity contribution in [2.24, 2.45) is 0 Å². The molecule has 40 heavy (non-hydrogen) atoms. The van der Waals surface area contributed by atoms with E-state index < -0.39 is 28.5 Å². The highest BCUT2D eigenvalue weighted by Crippen LogP contribution is 2.45. The fourth-order valence-electron chi connectivity index (χ4n) is 3.69. The van der Waals surface area contributed by atoms with Crippen LogP contribution in [0.1, 0.15) is 22.3 Å².